The van der Waals surface area contributed by atoms with E-state index in [2.05, 4.69) is 11.4 Å². The first-order chi connectivity index (χ1) is 13.1. The average Bonchev–Trinajstić information content (AvgIpc) is 3.25. The summed E-state index contributed by atoms with van der Waals surface area (Å²) in [6.07, 6.45) is 6.04. The van der Waals surface area contributed by atoms with Crippen LogP contribution in [0, 0.1) is 11.3 Å². The van der Waals surface area contributed by atoms with E-state index in [1.54, 1.807) is 18.2 Å². The number of hydrogen-bond acceptors (Lipinski definition) is 6. The van der Waals surface area contributed by atoms with Gasteiger partial charge in [0, 0.05) is 11.0 Å². The van der Waals surface area contributed by atoms with Gasteiger partial charge in [-0.2, -0.15) is 5.26 Å². The lowest BCUT2D eigenvalue weighted by Gasteiger charge is -2.12. The third-order valence-corrected chi connectivity index (χ3v) is 5.59. The molecule has 0 radical (unpaired) electrons. The van der Waals surface area contributed by atoms with E-state index in [0.717, 1.165) is 30.4 Å². The van der Waals surface area contributed by atoms with E-state index in [4.69, 9.17) is 14.2 Å². The van der Waals surface area contributed by atoms with Gasteiger partial charge in [0.2, 0.25) is 11.7 Å². The number of hydrogen-bond donors (Lipinski definition) is 1. The average molecular weight is 384 g/mol. The topological polar surface area (TPSA) is 80.6 Å². The van der Waals surface area contributed by atoms with Crippen LogP contribution in [0.25, 0.3) is 6.08 Å². The molecule has 140 valence electrons. The molecule has 1 aliphatic carbocycles. The van der Waals surface area contributed by atoms with Crippen molar-refractivity contribution in [1.29, 1.82) is 5.26 Å². The molecule has 3 rings (SSSR count). The molecule has 7 heteroatoms. The lowest BCUT2D eigenvalue weighted by molar-refractivity contribution is -0.111. The molecule has 0 unspecified atom stereocenters. The SMILES string of the molecule is COc1cc(C=CC(=O)Nc2sc3c(c2C#N)CCC3)cc(OC)c1OC. The Hall–Kier alpha value is -2.98. The van der Waals surface area contributed by atoms with Crippen LogP contribution < -0.4 is 19.5 Å². The van der Waals surface area contributed by atoms with Crippen LogP contribution in [0.1, 0.15) is 28.0 Å². The normalized spacial score (nSPS) is 12.5. The Morgan fingerprint density at radius 2 is 1.89 bits per heavy atom. The summed E-state index contributed by atoms with van der Waals surface area (Å²) in [5, 5.41) is 12.9. The highest BCUT2D eigenvalue weighted by atomic mass is 32.1. The highest BCUT2D eigenvalue weighted by molar-refractivity contribution is 7.16. The van der Waals surface area contributed by atoms with E-state index in [-0.39, 0.29) is 5.91 Å². The fourth-order valence-electron chi connectivity index (χ4n) is 3.13. The largest absolute Gasteiger partial charge is 0.493 e. The molecule has 0 fully saturated rings. The Bertz CT molecular complexity index is 915. The van der Waals surface area contributed by atoms with Gasteiger partial charge < -0.3 is 19.5 Å². The van der Waals surface area contributed by atoms with Crippen LogP contribution in [0.15, 0.2) is 18.2 Å². The fourth-order valence-corrected chi connectivity index (χ4v) is 4.38. The number of ether oxygens (including phenoxy) is 3. The molecular formula is C20H20N2O4S. The summed E-state index contributed by atoms with van der Waals surface area (Å²) in [6.45, 7) is 0. The lowest BCUT2D eigenvalue weighted by atomic mass is 10.1. The number of thiophene rings is 1. The number of carbonyl (C=O) groups is 1. The summed E-state index contributed by atoms with van der Waals surface area (Å²) in [5.41, 5.74) is 2.42. The molecule has 6 nitrogen and oxygen atoms in total. The fraction of sp³-hybridized carbons (Fsp3) is 0.300. The van der Waals surface area contributed by atoms with Gasteiger partial charge in [0.15, 0.2) is 11.5 Å². The standard InChI is InChI=1S/C20H20N2O4S/c1-24-15-9-12(10-16(25-2)19(15)26-3)7-8-18(23)22-20-14(11-21)13-5-4-6-17(13)27-20/h7-10H,4-6H2,1-3H3,(H,22,23). The molecule has 2 aromatic rings. The molecular weight excluding hydrogens is 364 g/mol. The van der Waals surface area contributed by atoms with Gasteiger partial charge in [-0.1, -0.05) is 0 Å². The van der Waals surface area contributed by atoms with Gasteiger partial charge in [0.1, 0.15) is 11.1 Å². The zero-order valence-electron chi connectivity index (χ0n) is 15.4. The van der Waals surface area contributed by atoms with Gasteiger partial charge in [0.05, 0.1) is 26.9 Å². The quantitative estimate of drug-likeness (QED) is 0.767. The van der Waals surface area contributed by atoms with E-state index >= 15 is 0 Å². The zero-order valence-corrected chi connectivity index (χ0v) is 16.2. The summed E-state index contributed by atoms with van der Waals surface area (Å²) in [7, 11) is 4.61. The number of benzene rings is 1. The van der Waals surface area contributed by atoms with Gasteiger partial charge in [-0.15, -0.1) is 11.3 Å². The number of fused-ring (bicyclic) bond motifs is 1. The number of aryl methyl sites for hydroxylation is 1. The number of nitrogens with one attached hydrogen (secondary N) is 1. The Morgan fingerprint density at radius 1 is 1.19 bits per heavy atom. The van der Waals surface area contributed by atoms with Crippen molar-refractivity contribution in [2.45, 2.75) is 19.3 Å². The number of methoxy groups -OCH3 is 3. The van der Waals surface area contributed by atoms with Crippen LogP contribution in [0.3, 0.4) is 0 Å². The molecule has 1 amide bonds. The van der Waals surface area contributed by atoms with Crippen LogP contribution in [-0.4, -0.2) is 27.2 Å². The highest BCUT2D eigenvalue weighted by Gasteiger charge is 2.22. The maximum Gasteiger partial charge on any atom is 0.249 e. The lowest BCUT2D eigenvalue weighted by Crippen LogP contribution is -2.07. The van der Waals surface area contributed by atoms with E-state index in [0.29, 0.717) is 27.8 Å². The first kappa shape index (κ1) is 18.8. The number of rotatable bonds is 6. The summed E-state index contributed by atoms with van der Waals surface area (Å²) >= 11 is 1.50. The van der Waals surface area contributed by atoms with Crippen molar-refractivity contribution in [3.63, 3.8) is 0 Å². The first-order valence-corrected chi connectivity index (χ1v) is 9.26. The van der Waals surface area contributed by atoms with E-state index < -0.39 is 0 Å². The summed E-state index contributed by atoms with van der Waals surface area (Å²) < 4.78 is 15.9. The number of anilines is 1. The molecule has 1 aromatic carbocycles. The summed E-state index contributed by atoms with van der Waals surface area (Å²) in [4.78, 5) is 13.5. The maximum atomic E-state index is 12.3. The van der Waals surface area contributed by atoms with E-state index in [9.17, 15) is 10.1 Å². The predicted octanol–water partition coefficient (Wildman–Crippen LogP) is 3.79. The second-order valence-corrected chi connectivity index (χ2v) is 7.06. The van der Waals surface area contributed by atoms with Gasteiger partial charge in [-0.25, -0.2) is 0 Å². The van der Waals surface area contributed by atoms with Gasteiger partial charge in [0.25, 0.3) is 0 Å². The maximum absolute atomic E-state index is 12.3. The third-order valence-electron chi connectivity index (χ3n) is 4.38. The van der Waals surface area contributed by atoms with Gasteiger partial charge >= 0.3 is 0 Å². The van der Waals surface area contributed by atoms with Crippen molar-refractivity contribution in [3.05, 3.63) is 39.8 Å². The van der Waals surface area contributed by atoms with Crippen LogP contribution in [-0.2, 0) is 17.6 Å². The van der Waals surface area contributed by atoms with Crippen LogP contribution in [0.5, 0.6) is 17.2 Å². The van der Waals surface area contributed by atoms with Crippen LogP contribution >= 0.6 is 11.3 Å². The van der Waals surface area contributed by atoms with Crippen molar-refractivity contribution < 1.29 is 19.0 Å². The second kappa shape index (κ2) is 8.14. The van der Waals surface area contributed by atoms with Crippen LogP contribution in [0.4, 0.5) is 5.00 Å². The predicted molar refractivity (Wildman–Crippen MR) is 105 cm³/mol. The molecule has 1 N–H and O–H groups in total. The molecule has 0 saturated heterocycles. The molecule has 0 aliphatic heterocycles. The Labute approximate surface area is 162 Å². The number of amides is 1. The number of nitriles is 1. The number of nitrogens with zero attached hydrogens (tertiary/aromatic N) is 1. The molecule has 1 aromatic heterocycles. The smallest absolute Gasteiger partial charge is 0.249 e. The minimum Gasteiger partial charge on any atom is -0.493 e. The summed E-state index contributed by atoms with van der Waals surface area (Å²) in [6, 6.07) is 5.73. The van der Waals surface area contributed by atoms with Crippen molar-refractivity contribution in [2.24, 2.45) is 0 Å². The Morgan fingerprint density at radius 3 is 2.48 bits per heavy atom. The molecule has 1 aliphatic rings. The van der Waals surface area contributed by atoms with Crippen LogP contribution in [0.2, 0.25) is 0 Å². The minimum absolute atomic E-state index is 0.292. The monoisotopic (exact) mass is 384 g/mol. The van der Waals surface area contributed by atoms with Gasteiger partial charge in [-0.05, 0) is 48.6 Å². The molecule has 0 atom stereocenters. The minimum atomic E-state index is -0.292. The Kier molecular flexibility index (Phi) is 5.67. The molecule has 0 saturated carbocycles. The second-order valence-electron chi connectivity index (χ2n) is 5.95. The van der Waals surface area contributed by atoms with Crippen molar-refractivity contribution in [2.75, 3.05) is 26.6 Å². The summed E-state index contributed by atoms with van der Waals surface area (Å²) in [5.74, 6) is 1.23. The molecule has 0 spiro atoms. The van der Waals surface area contributed by atoms with E-state index in [1.165, 1.54) is 43.6 Å². The first-order valence-electron chi connectivity index (χ1n) is 8.45. The number of carbonyl (C=O) groups excluding carboxylic acids is 1. The highest BCUT2D eigenvalue weighted by Crippen LogP contribution is 2.39. The Balaban J connectivity index is 1.79. The van der Waals surface area contributed by atoms with E-state index in [1.807, 2.05) is 0 Å². The van der Waals surface area contributed by atoms with Gasteiger partial charge in [-0.3, -0.25) is 4.79 Å². The van der Waals surface area contributed by atoms with Crippen molar-refractivity contribution >= 4 is 28.3 Å². The van der Waals surface area contributed by atoms with Crippen molar-refractivity contribution in [1.82, 2.24) is 0 Å². The molecule has 27 heavy (non-hydrogen) atoms. The zero-order chi connectivity index (χ0) is 19.4. The third kappa shape index (κ3) is 3.76. The van der Waals surface area contributed by atoms with Crippen molar-refractivity contribution in [3.8, 4) is 23.3 Å². The molecule has 0 bridgehead atoms. The molecule has 1 heterocycles.